The lowest BCUT2D eigenvalue weighted by molar-refractivity contribution is 0.0994. The Labute approximate surface area is 115 Å². The molecule has 0 saturated carbocycles. The van der Waals surface area contributed by atoms with Gasteiger partial charge >= 0.3 is 0 Å². The van der Waals surface area contributed by atoms with Crippen LogP contribution in [-0.4, -0.2) is 15.7 Å². The number of aryl methyl sites for hydroxylation is 1. The SMILES string of the molecule is CCCCCCn1nc(C(N)=O)c2c1CCCCC2. The third-order valence-corrected chi connectivity index (χ3v) is 3.96. The second-order valence-electron chi connectivity index (χ2n) is 5.48. The van der Waals surface area contributed by atoms with Crippen LogP contribution >= 0.6 is 0 Å². The van der Waals surface area contributed by atoms with Gasteiger partial charge in [0.05, 0.1) is 0 Å². The van der Waals surface area contributed by atoms with E-state index in [0.717, 1.165) is 37.8 Å². The molecule has 1 aliphatic rings. The van der Waals surface area contributed by atoms with Crippen LogP contribution in [0.2, 0.25) is 0 Å². The molecule has 0 bridgehead atoms. The molecule has 2 N–H and O–H groups in total. The monoisotopic (exact) mass is 263 g/mol. The molecule has 0 unspecified atom stereocenters. The molecule has 1 aromatic heterocycles. The van der Waals surface area contributed by atoms with Gasteiger partial charge < -0.3 is 5.73 Å². The Kier molecular flexibility index (Phi) is 5.00. The quantitative estimate of drug-likeness (QED) is 0.633. The Balaban J connectivity index is 2.15. The lowest BCUT2D eigenvalue weighted by atomic mass is 10.1. The Morgan fingerprint density at radius 1 is 1.21 bits per heavy atom. The van der Waals surface area contributed by atoms with Crippen LogP contribution in [0.5, 0.6) is 0 Å². The predicted molar refractivity (Wildman–Crippen MR) is 76.1 cm³/mol. The molecule has 4 nitrogen and oxygen atoms in total. The lowest BCUT2D eigenvalue weighted by Gasteiger charge is -2.07. The summed E-state index contributed by atoms with van der Waals surface area (Å²) in [6.45, 7) is 3.14. The number of primary amides is 1. The number of carbonyl (C=O) groups excluding carboxylic acids is 1. The maximum absolute atomic E-state index is 11.5. The zero-order valence-electron chi connectivity index (χ0n) is 12.0. The molecule has 106 valence electrons. The van der Waals surface area contributed by atoms with Gasteiger partial charge in [0.1, 0.15) is 0 Å². The van der Waals surface area contributed by atoms with Crippen LogP contribution in [0, 0.1) is 0 Å². The van der Waals surface area contributed by atoms with Crippen molar-refractivity contribution in [2.24, 2.45) is 5.73 Å². The molecular weight excluding hydrogens is 238 g/mol. The molecular formula is C15H25N3O. The third-order valence-electron chi connectivity index (χ3n) is 3.96. The second-order valence-corrected chi connectivity index (χ2v) is 5.48. The Morgan fingerprint density at radius 3 is 2.74 bits per heavy atom. The van der Waals surface area contributed by atoms with Gasteiger partial charge in [-0.2, -0.15) is 5.10 Å². The van der Waals surface area contributed by atoms with Gasteiger partial charge in [0.15, 0.2) is 5.69 Å². The van der Waals surface area contributed by atoms with E-state index in [1.165, 1.54) is 37.8 Å². The molecule has 0 radical (unpaired) electrons. The van der Waals surface area contributed by atoms with Crippen LogP contribution in [0.4, 0.5) is 0 Å². The first-order chi connectivity index (χ1) is 9.24. The fourth-order valence-electron chi connectivity index (χ4n) is 2.92. The first-order valence-corrected chi connectivity index (χ1v) is 7.62. The van der Waals surface area contributed by atoms with E-state index in [2.05, 4.69) is 16.7 Å². The van der Waals surface area contributed by atoms with Crippen LogP contribution in [-0.2, 0) is 19.4 Å². The number of hydrogen-bond acceptors (Lipinski definition) is 2. The van der Waals surface area contributed by atoms with Crippen molar-refractivity contribution in [3.05, 3.63) is 17.0 Å². The standard InChI is InChI=1S/C15H25N3O/c1-2-3-4-8-11-18-13-10-7-5-6-9-12(13)14(17-18)15(16)19/h2-11H2,1H3,(H2,16,19). The van der Waals surface area contributed by atoms with Gasteiger partial charge in [0, 0.05) is 17.8 Å². The molecule has 0 atom stereocenters. The number of unbranched alkanes of at least 4 members (excludes halogenated alkanes) is 3. The van der Waals surface area contributed by atoms with Crippen molar-refractivity contribution < 1.29 is 4.79 Å². The average Bonchev–Trinajstić information content (AvgIpc) is 2.58. The summed E-state index contributed by atoms with van der Waals surface area (Å²) in [7, 11) is 0. The topological polar surface area (TPSA) is 60.9 Å². The Morgan fingerprint density at radius 2 is 2.00 bits per heavy atom. The third kappa shape index (κ3) is 3.37. The highest BCUT2D eigenvalue weighted by atomic mass is 16.1. The van der Waals surface area contributed by atoms with Gasteiger partial charge in [0.25, 0.3) is 5.91 Å². The number of rotatable bonds is 6. The summed E-state index contributed by atoms with van der Waals surface area (Å²) in [6, 6.07) is 0. The van der Waals surface area contributed by atoms with Crippen molar-refractivity contribution in [3.63, 3.8) is 0 Å². The molecule has 2 rings (SSSR count). The van der Waals surface area contributed by atoms with Crippen LogP contribution in [0.15, 0.2) is 0 Å². The van der Waals surface area contributed by atoms with E-state index >= 15 is 0 Å². The molecule has 1 amide bonds. The summed E-state index contributed by atoms with van der Waals surface area (Å²) in [6.07, 6.45) is 10.5. The molecule has 4 heteroatoms. The minimum Gasteiger partial charge on any atom is -0.364 e. The van der Waals surface area contributed by atoms with Gasteiger partial charge in [-0.3, -0.25) is 9.48 Å². The van der Waals surface area contributed by atoms with Gasteiger partial charge in [-0.05, 0) is 32.1 Å². The molecule has 0 aliphatic heterocycles. The van der Waals surface area contributed by atoms with E-state index in [1.807, 2.05) is 0 Å². The second kappa shape index (κ2) is 6.73. The van der Waals surface area contributed by atoms with Crippen molar-refractivity contribution in [3.8, 4) is 0 Å². The van der Waals surface area contributed by atoms with Crippen molar-refractivity contribution in [2.75, 3.05) is 0 Å². The summed E-state index contributed by atoms with van der Waals surface area (Å²) < 4.78 is 2.05. The van der Waals surface area contributed by atoms with Gasteiger partial charge in [-0.15, -0.1) is 0 Å². The van der Waals surface area contributed by atoms with Crippen molar-refractivity contribution in [1.82, 2.24) is 9.78 Å². The Bertz CT molecular complexity index is 437. The van der Waals surface area contributed by atoms with Crippen LogP contribution in [0.25, 0.3) is 0 Å². The summed E-state index contributed by atoms with van der Waals surface area (Å²) in [5, 5.41) is 4.47. The summed E-state index contributed by atoms with van der Waals surface area (Å²) in [5.41, 5.74) is 8.38. The number of carbonyl (C=O) groups is 1. The molecule has 0 fully saturated rings. The number of fused-ring (bicyclic) bond motifs is 1. The highest BCUT2D eigenvalue weighted by Gasteiger charge is 2.22. The van der Waals surface area contributed by atoms with Crippen LogP contribution in [0.3, 0.4) is 0 Å². The van der Waals surface area contributed by atoms with E-state index in [1.54, 1.807) is 0 Å². The number of nitrogens with zero attached hydrogens (tertiary/aromatic N) is 2. The lowest BCUT2D eigenvalue weighted by Crippen LogP contribution is -2.14. The van der Waals surface area contributed by atoms with E-state index in [9.17, 15) is 4.79 Å². The molecule has 0 saturated heterocycles. The highest BCUT2D eigenvalue weighted by Crippen LogP contribution is 2.24. The zero-order valence-corrected chi connectivity index (χ0v) is 12.0. The molecule has 0 aromatic carbocycles. The largest absolute Gasteiger partial charge is 0.364 e. The maximum Gasteiger partial charge on any atom is 0.269 e. The van der Waals surface area contributed by atoms with Crippen LogP contribution < -0.4 is 5.73 Å². The summed E-state index contributed by atoms with van der Waals surface area (Å²) in [4.78, 5) is 11.5. The van der Waals surface area contributed by atoms with Gasteiger partial charge in [-0.1, -0.05) is 32.6 Å². The van der Waals surface area contributed by atoms with Crippen molar-refractivity contribution in [2.45, 2.75) is 71.3 Å². The zero-order chi connectivity index (χ0) is 13.7. The van der Waals surface area contributed by atoms with Crippen molar-refractivity contribution in [1.29, 1.82) is 0 Å². The predicted octanol–water partition coefficient (Wildman–Crippen LogP) is 2.83. The summed E-state index contributed by atoms with van der Waals surface area (Å²) >= 11 is 0. The van der Waals surface area contributed by atoms with Crippen molar-refractivity contribution >= 4 is 5.91 Å². The fourth-order valence-corrected chi connectivity index (χ4v) is 2.92. The smallest absolute Gasteiger partial charge is 0.269 e. The minimum atomic E-state index is -0.370. The maximum atomic E-state index is 11.5. The van der Waals surface area contributed by atoms with E-state index < -0.39 is 0 Å². The number of nitrogens with two attached hydrogens (primary N) is 1. The molecule has 1 aliphatic carbocycles. The first-order valence-electron chi connectivity index (χ1n) is 7.62. The van der Waals surface area contributed by atoms with E-state index in [0.29, 0.717) is 5.69 Å². The minimum absolute atomic E-state index is 0.370. The van der Waals surface area contributed by atoms with E-state index in [4.69, 9.17) is 5.73 Å². The highest BCUT2D eigenvalue weighted by molar-refractivity contribution is 5.92. The molecule has 0 spiro atoms. The van der Waals surface area contributed by atoms with Gasteiger partial charge in [-0.25, -0.2) is 0 Å². The number of amides is 1. The molecule has 1 heterocycles. The number of hydrogen-bond donors (Lipinski definition) is 1. The average molecular weight is 263 g/mol. The molecule has 19 heavy (non-hydrogen) atoms. The van der Waals surface area contributed by atoms with Gasteiger partial charge in [0.2, 0.25) is 0 Å². The Hall–Kier alpha value is -1.32. The first kappa shape index (κ1) is 14.1. The fraction of sp³-hybridized carbons (Fsp3) is 0.733. The van der Waals surface area contributed by atoms with E-state index in [-0.39, 0.29) is 5.91 Å². The summed E-state index contributed by atoms with van der Waals surface area (Å²) in [5.74, 6) is -0.370. The normalized spacial score (nSPS) is 15.0. The van der Waals surface area contributed by atoms with Crippen LogP contribution in [0.1, 0.15) is 73.6 Å². The number of aromatic nitrogens is 2. The molecule has 1 aromatic rings.